The molecule has 0 amide bonds. The van der Waals surface area contributed by atoms with Gasteiger partial charge in [0.15, 0.2) is 0 Å². The van der Waals surface area contributed by atoms with Crippen molar-refractivity contribution in [2.75, 3.05) is 6.54 Å². The molecule has 0 spiro atoms. The van der Waals surface area contributed by atoms with E-state index in [2.05, 4.69) is 57.3 Å². The fourth-order valence-electron chi connectivity index (χ4n) is 3.46. The predicted molar refractivity (Wildman–Crippen MR) is 78.7 cm³/mol. The van der Waals surface area contributed by atoms with Crippen molar-refractivity contribution in [2.45, 2.75) is 53.0 Å². The molecule has 2 unspecified atom stereocenters. The van der Waals surface area contributed by atoms with E-state index in [0.29, 0.717) is 11.5 Å². The first-order valence-corrected chi connectivity index (χ1v) is 7.34. The van der Waals surface area contributed by atoms with Gasteiger partial charge >= 0.3 is 0 Å². The molecule has 1 aromatic rings. The van der Waals surface area contributed by atoms with Gasteiger partial charge in [-0.3, -0.25) is 0 Å². The highest BCUT2D eigenvalue weighted by atomic mass is 14.9. The number of hydrogen-bond acceptors (Lipinski definition) is 1. The molecule has 1 saturated carbocycles. The lowest BCUT2D eigenvalue weighted by Gasteiger charge is -2.35. The highest BCUT2D eigenvalue weighted by molar-refractivity contribution is 5.25. The first-order chi connectivity index (χ1) is 8.54. The molecule has 1 N–H and O–H groups in total. The van der Waals surface area contributed by atoms with E-state index in [-0.39, 0.29) is 0 Å². The lowest BCUT2D eigenvalue weighted by atomic mass is 9.75. The highest BCUT2D eigenvalue weighted by Gasteiger charge is 2.39. The second kappa shape index (κ2) is 5.44. The van der Waals surface area contributed by atoms with Gasteiger partial charge in [0.25, 0.3) is 0 Å². The first kappa shape index (κ1) is 13.6. The van der Waals surface area contributed by atoms with Crippen LogP contribution in [0.1, 0.15) is 57.2 Å². The van der Waals surface area contributed by atoms with Gasteiger partial charge in [-0.2, -0.15) is 0 Å². The molecule has 1 nitrogen and oxygen atoms in total. The van der Waals surface area contributed by atoms with Gasteiger partial charge in [-0.05, 0) is 43.2 Å². The molecule has 1 aromatic carbocycles. The van der Waals surface area contributed by atoms with Crippen molar-refractivity contribution in [3.8, 4) is 0 Å². The van der Waals surface area contributed by atoms with Crippen LogP contribution in [0.15, 0.2) is 24.3 Å². The summed E-state index contributed by atoms with van der Waals surface area (Å²) in [7, 11) is 0. The Morgan fingerprint density at radius 2 is 1.94 bits per heavy atom. The van der Waals surface area contributed by atoms with E-state index < -0.39 is 0 Å². The molecular weight excluding hydrogens is 218 g/mol. The van der Waals surface area contributed by atoms with E-state index >= 15 is 0 Å². The monoisotopic (exact) mass is 245 g/mol. The number of hydrogen-bond donors (Lipinski definition) is 1. The second-order valence-corrected chi connectivity index (χ2v) is 6.43. The summed E-state index contributed by atoms with van der Waals surface area (Å²) in [5.74, 6) is 0.764. The summed E-state index contributed by atoms with van der Waals surface area (Å²) >= 11 is 0. The number of nitrogens with one attached hydrogen (secondary N) is 1. The van der Waals surface area contributed by atoms with Gasteiger partial charge in [0.05, 0.1) is 0 Å². The third-order valence-corrected chi connectivity index (χ3v) is 4.60. The molecule has 2 rings (SSSR count). The Morgan fingerprint density at radius 1 is 1.28 bits per heavy atom. The van der Waals surface area contributed by atoms with E-state index in [0.717, 1.165) is 12.5 Å². The quantitative estimate of drug-likeness (QED) is 0.825. The predicted octanol–water partition coefficient (Wildman–Crippen LogP) is 4.47. The molecule has 1 aliphatic carbocycles. The van der Waals surface area contributed by atoms with E-state index in [1.165, 1.54) is 30.4 Å². The minimum absolute atomic E-state index is 0.470. The lowest BCUT2D eigenvalue weighted by Crippen LogP contribution is -2.33. The van der Waals surface area contributed by atoms with E-state index in [4.69, 9.17) is 0 Å². The summed E-state index contributed by atoms with van der Waals surface area (Å²) in [6.07, 6.45) is 4.11. The molecular formula is C17H27N. The van der Waals surface area contributed by atoms with Crippen molar-refractivity contribution >= 4 is 0 Å². The molecule has 0 radical (unpaired) electrons. The molecule has 100 valence electrons. The van der Waals surface area contributed by atoms with Crippen molar-refractivity contribution in [2.24, 2.45) is 11.3 Å². The Morgan fingerprint density at radius 3 is 2.44 bits per heavy atom. The molecule has 1 aliphatic rings. The minimum Gasteiger partial charge on any atom is -0.310 e. The van der Waals surface area contributed by atoms with Gasteiger partial charge in [-0.15, -0.1) is 0 Å². The normalized spacial score (nSPS) is 24.1. The van der Waals surface area contributed by atoms with Crippen LogP contribution in [-0.4, -0.2) is 6.54 Å². The van der Waals surface area contributed by atoms with Gasteiger partial charge in [0.1, 0.15) is 0 Å². The smallest absolute Gasteiger partial charge is 0.0353 e. The zero-order chi connectivity index (χ0) is 13.2. The van der Waals surface area contributed by atoms with Gasteiger partial charge < -0.3 is 5.32 Å². The average Bonchev–Trinajstić information content (AvgIpc) is 2.67. The molecule has 1 heteroatoms. The second-order valence-electron chi connectivity index (χ2n) is 6.43. The summed E-state index contributed by atoms with van der Waals surface area (Å²) in [4.78, 5) is 0. The van der Waals surface area contributed by atoms with Crippen LogP contribution in [0.25, 0.3) is 0 Å². The summed E-state index contributed by atoms with van der Waals surface area (Å²) < 4.78 is 0. The van der Waals surface area contributed by atoms with Crippen LogP contribution in [0.3, 0.4) is 0 Å². The number of rotatable bonds is 4. The molecule has 0 bridgehead atoms. The van der Waals surface area contributed by atoms with Crippen molar-refractivity contribution in [3.05, 3.63) is 35.4 Å². The lowest BCUT2D eigenvalue weighted by molar-refractivity contribution is 0.199. The fourth-order valence-corrected chi connectivity index (χ4v) is 3.46. The third kappa shape index (κ3) is 2.77. The van der Waals surface area contributed by atoms with Crippen LogP contribution in [0, 0.1) is 18.3 Å². The largest absolute Gasteiger partial charge is 0.310 e. The Hall–Kier alpha value is -0.820. The molecule has 0 aromatic heterocycles. The maximum atomic E-state index is 3.72. The van der Waals surface area contributed by atoms with Crippen LogP contribution in [0.5, 0.6) is 0 Å². The zero-order valence-corrected chi connectivity index (χ0v) is 12.3. The topological polar surface area (TPSA) is 12.0 Å². The Labute approximate surface area is 112 Å². The van der Waals surface area contributed by atoms with E-state index in [9.17, 15) is 0 Å². The summed E-state index contributed by atoms with van der Waals surface area (Å²) in [6.45, 7) is 10.3. The van der Waals surface area contributed by atoms with E-state index in [1.807, 2.05) is 0 Å². The Bertz CT molecular complexity index is 377. The summed E-state index contributed by atoms with van der Waals surface area (Å²) in [6, 6.07) is 9.60. The van der Waals surface area contributed by atoms with Crippen molar-refractivity contribution in [3.63, 3.8) is 0 Å². The summed E-state index contributed by atoms with van der Waals surface area (Å²) in [5, 5.41) is 3.72. The van der Waals surface area contributed by atoms with Crippen molar-refractivity contribution < 1.29 is 0 Å². The van der Waals surface area contributed by atoms with E-state index in [1.54, 1.807) is 0 Å². The van der Waals surface area contributed by atoms with Crippen LogP contribution in [-0.2, 0) is 0 Å². The van der Waals surface area contributed by atoms with Crippen LogP contribution in [0.2, 0.25) is 0 Å². The molecule has 0 aliphatic heterocycles. The fraction of sp³-hybridized carbons (Fsp3) is 0.647. The molecule has 18 heavy (non-hydrogen) atoms. The van der Waals surface area contributed by atoms with Crippen molar-refractivity contribution in [1.29, 1.82) is 0 Å². The number of benzene rings is 1. The molecule has 0 heterocycles. The SMILES string of the molecule is CCNC(c1ccc(C)cc1)C1CCCC1(C)C. The third-order valence-electron chi connectivity index (χ3n) is 4.60. The van der Waals surface area contributed by atoms with Gasteiger partial charge in [0, 0.05) is 6.04 Å². The first-order valence-electron chi connectivity index (χ1n) is 7.34. The zero-order valence-electron chi connectivity index (χ0n) is 12.3. The van der Waals surface area contributed by atoms with Gasteiger partial charge in [0.2, 0.25) is 0 Å². The molecule has 1 fully saturated rings. The van der Waals surface area contributed by atoms with Crippen LogP contribution < -0.4 is 5.32 Å². The molecule has 2 atom stereocenters. The van der Waals surface area contributed by atoms with Crippen LogP contribution >= 0.6 is 0 Å². The maximum absolute atomic E-state index is 3.72. The van der Waals surface area contributed by atoms with Crippen molar-refractivity contribution in [1.82, 2.24) is 5.32 Å². The standard InChI is InChI=1S/C17H27N/c1-5-18-16(14-10-8-13(2)9-11-14)15-7-6-12-17(15,3)4/h8-11,15-16,18H,5-7,12H2,1-4H3. The Kier molecular flexibility index (Phi) is 4.11. The van der Waals surface area contributed by atoms with Gasteiger partial charge in [-0.25, -0.2) is 0 Å². The Balaban J connectivity index is 2.25. The van der Waals surface area contributed by atoms with Crippen LogP contribution in [0.4, 0.5) is 0 Å². The summed E-state index contributed by atoms with van der Waals surface area (Å²) in [5.41, 5.74) is 3.28. The average molecular weight is 245 g/mol. The highest BCUT2D eigenvalue weighted by Crippen LogP contribution is 2.48. The molecule has 0 saturated heterocycles. The maximum Gasteiger partial charge on any atom is 0.0353 e. The number of aryl methyl sites for hydroxylation is 1. The minimum atomic E-state index is 0.470. The van der Waals surface area contributed by atoms with Gasteiger partial charge in [-0.1, -0.05) is 57.0 Å².